The number of carbonyl (C=O) groups excluding carboxylic acids is 2. The Morgan fingerprint density at radius 2 is 2.08 bits per heavy atom. The monoisotopic (exact) mass is 489 g/mol. The van der Waals surface area contributed by atoms with Crippen LogP contribution in [0.5, 0.6) is 0 Å². The fraction of sp³-hybridized carbons (Fsp3) is 0.552. The summed E-state index contributed by atoms with van der Waals surface area (Å²) in [6.07, 6.45) is 10.4. The molecule has 5 atom stereocenters. The number of nitrogens with zero attached hydrogens (tertiary/aromatic N) is 2. The Labute approximate surface area is 214 Å². The third-order valence-electron chi connectivity index (χ3n) is 8.20. The molecule has 2 saturated carbocycles. The second-order valence-electron chi connectivity index (χ2n) is 11.6. The predicted molar refractivity (Wildman–Crippen MR) is 141 cm³/mol. The highest BCUT2D eigenvalue weighted by atomic mass is 16.2. The summed E-state index contributed by atoms with van der Waals surface area (Å²) in [6.45, 7) is 12.7. The Kier molecular flexibility index (Phi) is 7.17. The van der Waals surface area contributed by atoms with Crippen LogP contribution in [0.1, 0.15) is 70.3 Å². The van der Waals surface area contributed by atoms with Gasteiger partial charge in [-0.25, -0.2) is 0 Å². The lowest BCUT2D eigenvalue weighted by Gasteiger charge is -2.24. The zero-order chi connectivity index (χ0) is 26.2. The van der Waals surface area contributed by atoms with Crippen molar-refractivity contribution in [2.24, 2.45) is 34.8 Å². The van der Waals surface area contributed by atoms with Crippen LogP contribution >= 0.6 is 0 Å². The molecule has 3 aliphatic rings. The van der Waals surface area contributed by atoms with E-state index in [0.29, 0.717) is 29.3 Å². The minimum atomic E-state index is -0.0270. The van der Waals surface area contributed by atoms with Crippen molar-refractivity contribution in [1.82, 2.24) is 15.2 Å². The van der Waals surface area contributed by atoms with E-state index in [9.17, 15) is 14.9 Å². The number of nitrogens with one attached hydrogen (secondary N) is 2. The molecular weight excluding hydrogens is 450 g/mol. The summed E-state index contributed by atoms with van der Waals surface area (Å²) in [4.78, 5) is 24.7. The first-order valence-corrected chi connectivity index (χ1v) is 13.1. The van der Waals surface area contributed by atoms with Gasteiger partial charge in [-0.05, 0) is 73.5 Å². The first-order chi connectivity index (χ1) is 17.0. The maximum atomic E-state index is 13.2. The summed E-state index contributed by atoms with van der Waals surface area (Å²) in [5.74, 6) is 1.38. The average Bonchev–Trinajstić information content (AvgIpc) is 3.31. The molecule has 1 aromatic heterocycles. The summed E-state index contributed by atoms with van der Waals surface area (Å²) in [7, 11) is 0. The molecule has 7 heteroatoms. The molecule has 2 amide bonds. The zero-order valence-electron chi connectivity index (χ0n) is 21.9. The van der Waals surface area contributed by atoms with Crippen LogP contribution < -0.4 is 16.4 Å². The lowest BCUT2D eigenvalue weighted by molar-refractivity contribution is -0.122. The van der Waals surface area contributed by atoms with Crippen LogP contribution in [0.15, 0.2) is 36.7 Å². The molecule has 2 aliphatic carbocycles. The van der Waals surface area contributed by atoms with Gasteiger partial charge in [-0.2, -0.15) is 5.26 Å². The normalized spacial score (nSPS) is 27.6. The Hall–Kier alpha value is -3.27. The van der Waals surface area contributed by atoms with Crippen LogP contribution in [0.25, 0.3) is 5.57 Å². The van der Waals surface area contributed by atoms with Crippen LogP contribution in [0, 0.1) is 40.4 Å². The largest absolute Gasteiger partial charge is 0.385 e. The fourth-order valence-corrected chi connectivity index (χ4v) is 6.54. The Balaban J connectivity index is 1.46. The van der Waals surface area contributed by atoms with E-state index in [1.54, 1.807) is 19.1 Å². The number of rotatable bonds is 7. The first kappa shape index (κ1) is 25.8. The van der Waals surface area contributed by atoms with E-state index >= 15 is 0 Å². The van der Waals surface area contributed by atoms with Gasteiger partial charge < -0.3 is 20.9 Å². The molecule has 1 aromatic rings. The molecule has 0 saturated heterocycles. The quantitative estimate of drug-likeness (QED) is 0.502. The molecule has 0 bridgehead atoms. The van der Waals surface area contributed by atoms with Crippen molar-refractivity contribution in [3.05, 3.63) is 53.6 Å². The first-order valence-electron chi connectivity index (χ1n) is 13.1. The van der Waals surface area contributed by atoms with Crippen molar-refractivity contribution >= 4 is 17.4 Å². The van der Waals surface area contributed by atoms with Crippen LogP contribution in [0.3, 0.4) is 0 Å². The highest BCUT2D eigenvalue weighted by Crippen LogP contribution is 2.55. The van der Waals surface area contributed by atoms with Crippen molar-refractivity contribution in [2.75, 3.05) is 0 Å². The number of allylic oxidation sites excluding steroid dienone is 4. The van der Waals surface area contributed by atoms with Gasteiger partial charge in [0, 0.05) is 36.7 Å². The van der Waals surface area contributed by atoms with Crippen LogP contribution in [-0.4, -0.2) is 22.4 Å². The minimum absolute atomic E-state index is 0.00556. The van der Waals surface area contributed by atoms with Gasteiger partial charge in [-0.15, -0.1) is 0 Å². The van der Waals surface area contributed by atoms with Crippen LogP contribution in [-0.2, 0) is 22.6 Å². The number of fused-ring (bicyclic) bond motifs is 2. The lowest BCUT2D eigenvalue weighted by Crippen LogP contribution is -2.37. The number of amides is 2. The number of hydrogen-bond acceptors (Lipinski definition) is 4. The molecule has 1 aliphatic heterocycles. The molecule has 2 heterocycles. The van der Waals surface area contributed by atoms with Gasteiger partial charge in [0.1, 0.15) is 17.6 Å². The molecular formula is C29H39N5O2. The molecule has 192 valence electrons. The summed E-state index contributed by atoms with van der Waals surface area (Å²) < 4.78 is 2.09. The minimum Gasteiger partial charge on any atom is -0.385 e. The Morgan fingerprint density at radius 3 is 2.75 bits per heavy atom. The standard InChI is InChI=1S/C29H39N5O2/c1-6-8-20(23-13-21(15-30)34-16-29(4,5)14-25(23)34)12-26(31)33-28(36)27-22-10-7-9-19(11-24(22)27)17(2)32-18(3)35/h6,8,12-13,17,19,22,24,27H,1,7,9-11,14,16,31H2,2-5H3,(H,32,35)(H,33,36)/b20-8+,26-12+/t17?,19-,22?,24?,27+/m1/s1. The van der Waals surface area contributed by atoms with Crippen molar-refractivity contribution in [3.8, 4) is 6.07 Å². The van der Waals surface area contributed by atoms with E-state index in [2.05, 4.69) is 48.6 Å². The van der Waals surface area contributed by atoms with Gasteiger partial charge in [0.15, 0.2) is 0 Å². The number of hydrogen-bond donors (Lipinski definition) is 3. The maximum absolute atomic E-state index is 13.2. The maximum Gasteiger partial charge on any atom is 0.229 e. The van der Waals surface area contributed by atoms with E-state index in [1.807, 2.05) is 12.1 Å². The Morgan fingerprint density at radius 1 is 1.33 bits per heavy atom. The van der Waals surface area contributed by atoms with Gasteiger partial charge in [-0.1, -0.05) is 39.0 Å². The fourth-order valence-electron chi connectivity index (χ4n) is 6.54. The number of nitriles is 1. The van der Waals surface area contributed by atoms with E-state index in [4.69, 9.17) is 5.73 Å². The van der Waals surface area contributed by atoms with Crippen LogP contribution in [0.4, 0.5) is 0 Å². The van der Waals surface area contributed by atoms with Gasteiger partial charge in [0.05, 0.1) is 0 Å². The van der Waals surface area contributed by atoms with Crippen molar-refractivity contribution < 1.29 is 9.59 Å². The van der Waals surface area contributed by atoms with E-state index in [0.717, 1.165) is 55.5 Å². The molecule has 7 nitrogen and oxygen atoms in total. The summed E-state index contributed by atoms with van der Waals surface area (Å²) >= 11 is 0. The molecule has 4 rings (SSSR count). The molecule has 3 unspecified atom stereocenters. The van der Waals surface area contributed by atoms with Crippen molar-refractivity contribution in [3.63, 3.8) is 0 Å². The second kappa shape index (κ2) is 10.0. The zero-order valence-corrected chi connectivity index (χ0v) is 21.9. The van der Waals surface area contributed by atoms with Crippen molar-refractivity contribution in [2.45, 2.75) is 72.4 Å². The van der Waals surface area contributed by atoms with Gasteiger partial charge in [0.2, 0.25) is 11.8 Å². The topological polar surface area (TPSA) is 113 Å². The van der Waals surface area contributed by atoms with Gasteiger partial charge >= 0.3 is 0 Å². The molecule has 2 fully saturated rings. The molecule has 0 spiro atoms. The number of carbonyl (C=O) groups is 2. The van der Waals surface area contributed by atoms with Crippen LogP contribution in [0.2, 0.25) is 0 Å². The molecule has 4 N–H and O–H groups in total. The van der Waals surface area contributed by atoms with Gasteiger partial charge in [0.25, 0.3) is 0 Å². The van der Waals surface area contributed by atoms with E-state index in [1.165, 1.54) is 0 Å². The lowest BCUT2D eigenvalue weighted by atomic mass is 9.89. The third kappa shape index (κ3) is 5.28. The van der Waals surface area contributed by atoms with E-state index < -0.39 is 0 Å². The SMILES string of the molecule is C=C/C=C(\C=C(/N)NC(=O)[C@H]1C2CCC[C@@H](C(C)NC(C)=O)CC21)c1cc(C#N)n2c1CC(C)(C)C2. The summed E-state index contributed by atoms with van der Waals surface area (Å²) in [6, 6.07) is 4.34. The molecule has 0 aromatic carbocycles. The predicted octanol–water partition coefficient (Wildman–Crippen LogP) is 4.00. The highest BCUT2D eigenvalue weighted by Gasteiger charge is 2.55. The smallest absolute Gasteiger partial charge is 0.229 e. The summed E-state index contributed by atoms with van der Waals surface area (Å²) in [5.41, 5.74) is 9.95. The third-order valence-corrected chi connectivity index (χ3v) is 8.20. The summed E-state index contributed by atoms with van der Waals surface area (Å²) in [5, 5.41) is 15.6. The molecule has 36 heavy (non-hydrogen) atoms. The highest BCUT2D eigenvalue weighted by molar-refractivity contribution is 5.85. The van der Waals surface area contributed by atoms with Crippen molar-refractivity contribution in [1.29, 1.82) is 5.26 Å². The number of nitrogens with two attached hydrogens (primary N) is 1. The molecule has 0 radical (unpaired) electrons. The van der Waals surface area contributed by atoms with E-state index in [-0.39, 0.29) is 29.2 Å². The Bertz CT molecular complexity index is 1160. The van der Waals surface area contributed by atoms with Gasteiger partial charge in [-0.3, -0.25) is 9.59 Å². The average molecular weight is 490 g/mol. The second-order valence-corrected chi connectivity index (χ2v) is 11.6. The number of aromatic nitrogens is 1.